The normalized spacial score (nSPS) is 23.7. The van der Waals surface area contributed by atoms with E-state index in [-0.39, 0.29) is 0 Å². The molecule has 0 radical (unpaired) electrons. The van der Waals surface area contributed by atoms with Gasteiger partial charge in [0.05, 0.1) is 6.61 Å². The predicted octanol–water partition coefficient (Wildman–Crippen LogP) is 3.29. The number of nitrogens with one attached hydrogen (secondary N) is 1. The summed E-state index contributed by atoms with van der Waals surface area (Å²) in [4.78, 5) is 2.60. The van der Waals surface area contributed by atoms with Crippen molar-refractivity contribution in [3.8, 4) is 0 Å². The summed E-state index contributed by atoms with van der Waals surface area (Å²) in [5.41, 5.74) is 0. The monoisotopic (exact) mass is 284 g/mol. The van der Waals surface area contributed by atoms with Gasteiger partial charge in [-0.15, -0.1) is 0 Å². The molecular weight excluding hydrogens is 248 g/mol. The van der Waals surface area contributed by atoms with E-state index in [4.69, 9.17) is 4.74 Å². The zero-order valence-electron chi connectivity index (χ0n) is 14.2. The first-order chi connectivity index (χ1) is 9.72. The van der Waals surface area contributed by atoms with Crippen LogP contribution in [0.2, 0.25) is 0 Å². The Morgan fingerprint density at radius 3 is 2.45 bits per heavy atom. The van der Waals surface area contributed by atoms with Crippen LogP contribution in [0.1, 0.15) is 59.3 Å². The third-order valence-corrected chi connectivity index (χ3v) is 4.96. The quantitative estimate of drug-likeness (QED) is 0.666. The molecule has 1 saturated carbocycles. The van der Waals surface area contributed by atoms with E-state index in [2.05, 4.69) is 31.0 Å². The highest BCUT2D eigenvalue weighted by atomic mass is 16.5. The van der Waals surface area contributed by atoms with Gasteiger partial charge >= 0.3 is 0 Å². The van der Waals surface area contributed by atoms with E-state index in [1.165, 1.54) is 38.5 Å². The smallest absolute Gasteiger partial charge is 0.0589 e. The first-order valence-corrected chi connectivity index (χ1v) is 8.69. The molecule has 0 aromatic heterocycles. The molecule has 0 bridgehead atoms. The summed E-state index contributed by atoms with van der Waals surface area (Å²) in [5.74, 6) is 0.851. The van der Waals surface area contributed by atoms with Crippen molar-refractivity contribution in [2.24, 2.45) is 5.92 Å². The van der Waals surface area contributed by atoms with Crippen LogP contribution in [-0.4, -0.2) is 50.3 Å². The molecule has 0 amide bonds. The molecule has 0 saturated heterocycles. The molecule has 3 heteroatoms. The van der Waals surface area contributed by atoms with E-state index < -0.39 is 0 Å². The lowest BCUT2D eigenvalue weighted by molar-refractivity contribution is 0.113. The van der Waals surface area contributed by atoms with Crippen LogP contribution in [0.15, 0.2) is 0 Å². The lowest BCUT2D eigenvalue weighted by Gasteiger charge is -2.33. The number of rotatable bonds is 10. The number of methoxy groups -OCH3 is 1. The zero-order chi connectivity index (χ0) is 14.8. The molecule has 2 atom stereocenters. The van der Waals surface area contributed by atoms with Gasteiger partial charge in [-0.2, -0.15) is 0 Å². The van der Waals surface area contributed by atoms with Gasteiger partial charge in [-0.05, 0) is 31.6 Å². The van der Waals surface area contributed by atoms with Crippen LogP contribution in [0.3, 0.4) is 0 Å². The standard InChI is InChI=1S/C17H36N2O/c1-5-16(6-2)19(13-14-20-4)12-11-18-17-10-8-7-9-15(17)3/h15-18H,5-14H2,1-4H3. The number of nitrogens with zero attached hydrogens (tertiary/aromatic N) is 1. The second-order valence-electron chi connectivity index (χ2n) is 6.32. The maximum atomic E-state index is 5.26. The summed E-state index contributed by atoms with van der Waals surface area (Å²) in [6, 6.07) is 1.45. The number of ether oxygens (including phenoxy) is 1. The second kappa shape index (κ2) is 10.6. The minimum absolute atomic E-state index is 0.704. The van der Waals surface area contributed by atoms with Gasteiger partial charge in [0.2, 0.25) is 0 Å². The first kappa shape index (κ1) is 17.9. The van der Waals surface area contributed by atoms with E-state index >= 15 is 0 Å². The van der Waals surface area contributed by atoms with Crippen LogP contribution in [0.4, 0.5) is 0 Å². The number of hydrogen-bond donors (Lipinski definition) is 1. The topological polar surface area (TPSA) is 24.5 Å². The maximum absolute atomic E-state index is 5.26. The Morgan fingerprint density at radius 1 is 1.15 bits per heavy atom. The summed E-state index contributed by atoms with van der Waals surface area (Å²) in [7, 11) is 1.80. The minimum atomic E-state index is 0.704. The summed E-state index contributed by atoms with van der Waals surface area (Å²) in [5, 5.41) is 3.80. The third kappa shape index (κ3) is 6.11. The van der Waals surface area contributed by atoms with Crippen LogP contribution in [0, 0.1) is 5.92 Å². The van der Waals surface area contributed by atoms with Gasteiger partial charge in [-0.25, -0.2) is 0 Å². The summed E-state index contributed by atoms with van der Waals surface area (Å²) in [6.07, 6.45) is 8.07. The van der Waals surface area contributed by atoms with Crippen LogP contribution in [-0.2, 0) is 4.74 Å². The van der Waals surface area contributed by atoms with Gasteiger partial charge < -0.3 is 10.1 Å². The second-order valence-corrected chi connectivity index (χ2v) is 6.32. The summed E-state index contributed by atoms with van der Waals surface area (Å²) in [6.45, 7) is 11.2. The lowest BCUT2D eigenvalue weighted by atomic mass is 9.86. The molecule has 1 fully saturated rings. The van der Waals surface area contributed by atoms with Crippen molar-refractivity contribution in [3.63, 3.8) is 0 Å². The Hall–Kier alpha value is -0.120. The van der Waals surface area contributed by atoms with Crippen molar-refractivity contribution in [2.75, 3.05) is 33.4 Å². The van der Waals surface area contributed by atoms with Crippen LogP contribution >= 0.6 is 0 Å². The molecule has 20 heavy (non-hydrogen) atoms. The van der Waals surface area contributed by atoms with Crippen molar-refractivity contribution >= 4 is 0 Å². The molecule has 3 nitrogen and oxygen atoms in total. The van der Waals surface area contributed by atoms with E-state index in [0.717, 1.165) is 38.2 Å². The molecule has 0 aromatic rings. The van der Waals surface area contributed by atoms with Crippen LogP contribution < -0.4 is 5.32 Å². The van der Waals surface area contributed by atoms with Crippen molar-refractivity contribution in [1.82, 2.24) is 10.2 Å². The summed E-state index contributed by atoms with van der Waals surface area (Å²) < 4.78 is 5.26. The molecule has 1 aliphatic carbocycles. The molecule has 0 aromatic carbocycles. The van der Waals surface area contributed by atoms with Crippen molar-refractivity contribution in [2.45, 2.75) is 71.4 Å². The molecule has 1 aliphatic rings. The van der Waals surface area contributed by atoms with Gasteiger partial charge in [0.25, 0.3) is 0 Å². The SMILES string of the molecule is CCC(CC)N(CCNC1CCCCC1C)CCOC. The predicted molar refractivity (Wildman–Crippen MR) is 87.2 cm³/mol. The maximum Gasteiger partial charge on any atom is 0.0589 e. The average molecular weight is 284 g/mol. The van der Waals surface area contributed by atoms with Crippen LogP contribution in [0.25, 0.3) is 0 Å². The highest BCUT2D eigenvalue weighted by Gasteiger charge is 2.21. The van der Waals surface area contributed by atoms with E-state index in [1.807, 2.05) is 0 Å². The van der Waals surface area contributed by atoms with Crippen LogP contribution in [0.5, 0.6) is 0 Å². The average Bonchev–Trinajstić information content (AvgIpc) is 2.47. The zero-order valence-corrected chi connectivity index (χ0v) is 14.2. The third-order valence-electron chi connectivity index (χ3n) is 4.96. The minimum Gasteiger partial charge on any atom is -0.383 e. The van der Waals surface area contributed by atoms with Gasteiger partial charge in [0, 0.05) is 38.8 Å². The van der Waals surface area contributed by atoms with E-state index in [9.17, 15) is 0 Å². The molecule has 0 spiro atoms. The van der Waals surface area contributed by atoms with E-state index in [1.54, 1.807) is 7.11 Å². The van der Waals surface area contributed by atoms with Crippen molar-refractivity contribution < 1.29 is 4.74 Å². The molecular formula is C17H36N2O. The Morgan fingerprint density at radius 2 is 1.85 bits per heavy atom. The summed E-state index contributed by atoms with van der Waals surface area (Å²) >= 11 is 0. The highest BCUT2D eigenvalue weighted by molar-refractivity contribution is 4.79. The van der Waals surface area contributed by atoms with Gasteiger partial charge in [-0.1, -0.05) is 33.6 Å². The largest absolute Gasteiger partial charge is 0.383 e. The van der Waals surface area contributed by atoms with E-state index in [0.29, 0.717) is 6.04 Å². The lowest BCUT2D eigenvalue weighted by Crippen LogP contribution is -2.45. The molecule has 2 unspecified atom stereocenters. The van der Waals surface area contributed by atoms with Crippen molar-refractivity contribution in [1.29, 1.82) is 0 Å². The Kier molecular flexibility index (Phi) is 9.49. The Labute approximate surface area is 126 Å². The van der Waals surface area contributed by atoms with Crippen molar-refractivity contribution in [3.05, 3.63) is 0 Å². The molecule has 0 aliphatic heterocycles. The fourth-order valence-electron chi connectivity index (χ4n) is 3.50. The Bertz CT molecular complexity index is 231. The number of hydrogen-bond acceptors (Lipinski definition) is 3. The molecule has 0 heterocycles. The fraction of sp³-hybridized carbons (Fsp3) is 1.00. The van der Waals surface area contributed by atoms with Gasteiger partial charge in [0.15, 0.2) is 0 Å². The van der Waals surface area contributed by atoms with Gasteiger partial charge in [-0.3, -0.25) is 4.90 Å². The Balaban J connectivity index is 2.32. The highest BCUT2D eigenvalue weighted by Crippen LogP contribution is 2.23. The molecule has 1 rings (SSSR count). The van der Waals surface area contributed by atoms with Gasteiger partial charge in [0.1, 0.15) is 0 Å². The first-order valence-electron chi connectivity index (χ1n) is 8.69. The fourth-order valence-corrected chi connectivity index (χ4v) is 3.50. The molecule has 1 N–H and O–H groups in total. The molecule has 120 valence electrons.